The van der Waals surface area contributed by atoms with E-state index in [1.807, 2.05) is 0 Å². The Morgan fingerprint density at radius 3 is 2.78 bits per heavy atom. The predicted molar refractivity (Wildman–Crippen MR) is 73.4 cm³/mol. The van der Waals surface area contributed by atoms with Crippen molar-refractivity contribution in [1.82, 2.24) is 4.90 Å². The smallest absolute Gasteiger partial charge is 0.0581 e. The van der Waals surface area contributed by atoms with E-state index in [-0.39, 0.29) is 6.10 Å². The molecule has 0 spiro atoms. The molecule has 0 aromatic heterocycles. The van der Waals surface area contributed by atoms with Crippen molar-refractivity contribution >= 4 is 0 Å². The lowest BCUT2D eigenvalue weighted by Crippen LogP contribution is -2.40. The molecular weight excluding hydrogens is 226 g/mol. The van der Waals surface area contributed by atoms with Crippen LogP contribution in [0.4, 0.5) is 0 Å². The fourth-order valence-electron chi connectivity index (χ4n) is 3.74. The summed E-state index contributed by atoms with van der Waals surface area (Å²) in [5, 5.41) is 19.2. The predicted octanol–water partition coefficient (Wildman–Crippen LogP) is 1.88. The Bertz CT molecular complexity index is 267. The molecule has 1 aliphatic carbocycles. The van der Waals surface area contributed by atoms with E-state index < -0.39 is 0 Å². The highest BCUT2D eigenvalue weighted by molar-refractivity contribution is 4.88. The van der Waals surface area contributed by atoms with Crippen LogP contribution in [-0.4, -0.2) is 47.5 Å². The first-order valence-corrected chi connectivity index (χ1v) is 7.51. The highest BCUT2D eigenvalue weighted by atomic mass is 16.3. The van der Waals surface area contributed by atoms with Crippen molar-refractivity contribution in [3.63, 3.8) is 0 Å². The van der Waals surface area contributed by atoms with Crippen LogP contribution in [0, 0.1) is 17.3 Å². The van der Waals surface area contributed by atoms with Crippen LogP contribution in [0.3, 0.4) is 0 Å². The number of hydrogen-bond acceptors (Lipinski definition) is 3. The third-order valence-electron chi connectivity index (χ3n) is 4.88. The van der Waals surface area contributed by atoms with E-state index in [4.69, 9.17) is 5.11 Å². The first-order valence-electron chi connectivity index (χ1n) is 7.51. The SMILES string of the molecule is CC1(C)CCC(O)C(CN2CCC(CCO)C2)C1. The first-order chi connectivity index (χ1) is 8.50. The molecule has 1 saturated carbocycles. The zero-order valence-corrected chi connectivity index (χ0v) is 11.9. The maximum atomic E-state index is 10.2. The average molecular weight is 255 g/mol. The molecule has 2 aliphatic rings. The number of aliphatic hydroxyl groups excluding tert-OH is 2. The second-order valence-corrected chi connectivity index (χ2v) is 7.16. The summed E-state index contributed by atoms with van der Waals surface area (Å²) in [7, 11) is 0. The summed E-state index contributed by atoms with van der Waals surface area (Å²) in [6, 6.07) is 0. The van der Waals surface area contributed by atoms with E-state index in [0.717, 1.165) is 45.3 Å². The summed E-state index contributed by atoms with van der Waals surface area (Å²) in [6.45, 7) is 8.28. The van der Waals surface area contributed by atoms with Crippen LogP contribution in [0.2, 0.25) is 0 Å². The van der Waals surface area contributed by atoms with E-state index in [1.165, 1.54) is 6.42 Å². The molecule has 3 atom stereocenters. The van der Waals surface area contributed by atoms with Crippen molar-refractivity contribution in [2.75, 3.05) is 26.2 Å². The van der Waals surface area contributed by atoms with Crippen LogP contribution in [0.25, 0.3) is 0 Å². The molecule has 2 fully saturated rings. The van der Waals surface area contributed by atoms with Gasteiger partial charge in [0, 0.05) is 19.7 Å². The highest BCUT2D eigenvalue weighted by Crippen LogP contribution is 2.39. The number of nitrogens with zero attached hydrogens (tertiary/aromatic N) is 1. The molecule has 106 valence electrons. The summed E-state index contributed by atoms with van der Waals surface area (Å²) >= 11 is 0. The van der Waals surface area contributed by atoms with Gasteiger partial charge in [-0.25, -0.2) is 0 Å². The molecule has 0 aromatic rings. The number of rotatable bonds is 4. The minimum atomic E-state index is -0.102. The van der Waals surface area contributed by atoms with Gasteiger partial charge in [-0.15, -0.1) is 0 Å². The van der Waals surface area contributed by atoms with Crippen LogP contribution < -0.4 is 0 Å². The van der Waals surface area contributed by atoms with E-state index in [1.54, 1.807) is 0 Å². The topological polar surface area (TPSA) is 43.7 Å². The molecule has 3 heteroatoms. The maximum Gasteiger partial charge on any atom is 0.0581 e. The second-order valence-electron chi connectivity index (χ2n) is 7.16. The van der Waals surface area contributed by atoms with Crippen molar-refractivity contribution in [1.29, 1.82) is 0 Å². The maximum absolute atomic E-state index is 10.2. The van der Waals surface area contributed by atoms with Crippen molar-refractivity contribution in [3.05, 3.63) is 0 Å². The van der Waals surface area contributed by atoms with Gasteiger partial charge in [-0.1, -0.05) is 13.8 Å². The van der Waals surface area contributed by atoms with Crippen LogP contribution in [0.1, 0.15) is 46.0 Å². The Morgan fingerprint density at radius 2 is 2.06 bits per heavy atom. The van der Waals surface area contributed by atoms with Crippen molar-refractivity contribution in [2.24, 2.45) is 17.3 Å². The Kier molecular flexibility index (Phi) is 4.68. The van der Waals surface area contributed by atoms with Crippen LogP contribution in [0.5, 0.6) is 0 Å². The Morgan fingerprint density at radius 1 is 1.28 bits per heavy atom. The molecule has 0 radical (unpaired) electrons. The standard InChI is InChI=1S/C15H29NO2/c1-15(2)6-3-14(18)13(9-15)11-16-7-4-12(10-16)5-8-17/h12-14,17-18H,3-11H2,1-2H3. The summed E-state index contributed by atoms with van der Waals surface area (Å²) in [6.07, 6.45) is 5.32. The Balaban J connectivity index is 1.82. The number of likely N-dealkylation sites (tertiary alicyclic amines) is 1. The minimum absolute atomic E-state index is 0.102. The van der Waals surface area contributed by atoms with E-state index in [0.29, 0.717) is 23.9 Å². The van der Waals surface area contributed by atoms with Crippen LogP contribution >= 0.6 is 0 Å². The van der Waals surface area contributed by atoms with Crippen molar-refractivity contribution in [2.45, 2.75) is 52.1 Å². The highest BCUT2D eigenvalue weighted by Gasteiger charge is 2.35. The quantitative estimate of drug-likeness (QED) is 0.806. The van der Waals surface area contributed by atoms with Gasteiger partial charge in [0.1, 0.15) is 0 Å². The minimum Gasteiger partial charge on any atom is -0.396 e. The van der Waals surface area contributed by atoms with Crippen molar-refractivity contribution in [3.8, 4) is 0 Å². The lowest BCUT2D eigenvalue weighted by atomic mass is 9.71. The molecule has 0 bridgehead atoms. The fourth-order valence-corrected chi connectivity index (χ4v) is 3.74. The van der Waals surface area contributed by atoms with Crippen LogP contribution in [-0.2, 0) is 0 Å². The molecule has 3 nitrogen and oxygen atoms in total. The van der Waals surface area contributed by atoms with Gasteiger partial charge >= 0.3 is 0 Å². The molecule has 1 saturated heterocycles. The van der Waals surface area contributed by atoms with Gasteiger partial charge in [0.15, 0.2) is 0 Å². The van der Waals surface area contributed by atoms with Gasteiger partial charge in [-0.3, -0.25) is 0 Å². The summed E-state index contributed by atoms with van der Waals surface area (Å²) in [5.41, 5.74) is 0.397. The third-order valence-corrected chi connectivity index (χ3v) is 4.88. The lowest BCUT2D eigenvalue weighted by Gasteiger charge is -2.40. The third kappa shape index (κ3) is 3.69. The molecule has 0 amide bonds. The van der Waals surface area contributed by atoms with Gasteiger partial charge in [-0.05, 0) is 55.9 Å². The van der Waals surface area contributed by atoms with Crippen LogP contribution in [0.15, 0.2) is 0 Å². The zero-order valence-electron chi connectivity index (χ0n) is 11.9. The van der Waals surface area contributed by atoms with Gasteiger partial charge in [0.05, 0.1) is 6.10 Å². The van der Waals surface area contributed by atoms with Crippen molar-refractivity contribution < 1.29 is 10.2 Å². The van der Waals surface area contributed by atoms with Gasteiger partial charge in [0.25, 0.3) is 0 Å². The Hall–Kier alpha value is -0.120. The summed E-state index contributed by atoms with van der Waals surface area (Å²) < 4.78 is 0. The number of aliphatic hydroxyl groups is 2. The lowest BCUT2D eigenvalue weighted by molar-refractivity contribution is 0.00682. The molecule has 3 unspecified atom stereocenters. The number of hydrogen-bond donors (Lipinski definition) is 2. The normalized spacial score (nSPS) is 37.0. The van der Waals surface area contributed by atoms with Gasteiger partial charge in [0.2, 0.25) is 0 Å². The summed E-state index contributed by atoms with van der Waals surface area (Å²) in [4.78, 5) is 2.50. The largest absolute Gasteiger partial charge is 0.396 e. The first kappa shape index (κ1) is 14.3. The molecule has 1 aliphatic heterocycles. The zero-order chi connectivity index (χ0) is 13.2. The summed E-state index contributed by atoms with van der Waals surface area (Å²) in [5.74, 6) is 1.12. The molecule has 2 N–H and O–H groups in total. The van der Waals surface area contributed by atoms with Gasteiger partial charge in [-0.2, -0.15) is 0 Å². The van der Waals surface area contributed by atoms with Gasteiger partial charge < -0.3 is 15.1 Å². The molecule has 0 aromatic carbocycles. The average Bonchev–Trinajstić information content (AvgIpc) is 2.72. The van der Waals surface area contributed by atoms with E-state index in [2.05, 4.69) is 18.7 Å². The monoisotopic (exact) mass is 255 g/mol. The second kappa shape index (κ2) is 5.89. The van der Waals surface area contributed by atoms with E-state index >= 15 is 0 Å². The fraction of sp³-hybridized carbons (Fsp3) is 1.00. The molecule has 2 rings (SSSR count). The molecule has 1 heterocycles. The van der Waals surface area contributed by atoms with E-state index in [9.17, 15) is 5.11 Å². The Labute approximate surface area is 111 Å². The molecule has 18 heavy (non-hydrogen) atoms. The molecular formula is C15H29NO2.